The number of anilines is 1. The molecule has 1 atom stereocenters. The first-order valence-corrected chi connectivity index (χ1v) is 8.46. The number of nitrogens with one attached hydrogen (secondary N) is 1. The lowest BCUT2D eigenvalue weighted by molar-refractivity contribution is -0.384. The molecule has 0 bridgehead atoms. The van der Waals surface area contributed by atoms with E-state index in [-0.39, 0.29) is 10.6 Å². The maximum absolute atomic E-state index is 10.9. The van der Waals surface area contributed by atoms with Crippen molar-refractivity contribution < 1.29 is 4.92 Å². The van der Waals surface area contributed by atoms with Gasteiger partial charge in [0.1, 0.15) is 5.82 Å². The van der Waals surface area contributed by atoms with E-state index in [9.17, 15) is 10.1 Å². The predicted octanol–water partition coefficient (Wildman–Crippen LogP) is 1.63. The molecule has 2 aliphatic heterocycles. The first-order valence-electron chi connectivity index (χ1n) is 8.46. The van der Waals surface area contributed by atoms with Crippen molar-refractivity contribution in [1.29, 1.82) is 0 Å². The molecule has 0 spiro atoms. The molecule has 0 radical (unpaired) electrons. The van der Waals surface area contributed by atoms with Crippen molar-refractivity contribution in [2.24, 2.45) is 0 Å². The lowest BCUT2D eigenvalue weighted by Gasteiger charge is -2.32. The molecule has 2 saturated heterocycles. The van der Waals surface area contributed by atoms with E-state index in [0.717, 1.165) is 56.0 Å². The average molecular weight is 327 g/mol. The van der Waals surface area contributed by atoms with Crippen molar-refractivity contribution in [1.82, 2.24) is 15.2 Å². The normalized spacial score (nSPS) is 22.2. The lowest BCUT2D eigenvalue weighted by Crippen LogP contribution is -2.49. The molecule has 24 heavy (non-hydrogen) atoms. The molecule has 0 saturated carbocycles. The minimum atomic E-state index is -0.369. The molecule has 1 unspecified atom stereocenters. The van der Waals surface area contributed by atoms with Gasteiger partial charge in [-0.15, -0.1) is 0 Å². The van der Waals surface area contributed by atoms with Gasteiger partial charge in [-0.1, -0.05) is 0 Å². The second-order valence-corrected chi connectivity index (χ2v) is 6.48. The minimum absolute atomic E-state index is 0.108. The van der Waals surface area contributed by atoms with Crippen LogP contribution < -0.4 is 10.2 Å². The number of rotatable bonds is 3. The Balaban J connectivity index is 1.52. The first kappa shape index (κ1) is 15.3. The third-order valence-corrected chi connectivity index (χ3v) is 5.02. The summed E-state index contributed by atoms with van der Waals surface area (Å²) in [6, 6.07) is 9.35. The van der Waals surface area contributed by atoms with E-state index >= 15 is 0 Å². The Morgan fingerprint density at radius 2 is 2.00 bits per heavy atom. The standard InChI is InChI=1S/C17H21N5O2/c23-22(24)14-2-3-16-13(11-14)1-4-17(19-16)21-8-5-15(12-21)20-9-6-18-7-10-20/h1-4,11,15,18H,5-10,12H2. The van der Waals surface area contributed by atoms with Gasteiger partial charge in [-0.25, -0.2) is 4.98 Å². The van der Waals surface area contributed by atoms with Crippen molar-refractivity contribution in [2.75, 3.05) is 44.2 Å². The van der Waals surface area contributed by atoms with Crippen LogP contribution >= 0.6 is 0 Å². The van der Waals surface area contributed by atoms with Crippen molar-refractivity contribution in [3.8, 4) is 0 Å². The van der Waals surface area contributed by atoms with E-state index in [0.29, 0.717) is 6.04 Å². The monoisotopic (exact) mass is 327 g/mol. The molecule has 2 aliphatic rings. The molecule has 0 amide bonds. The number of fused-ring (bicyclic) bond motifs is 1. The zero-order valence-electron chi connectivity index (χ0n) is 13.5. The third kappa shape index (κ3) is 2.92. The van der Waals surface area contributed by atoms with Crippen molar-refractivity contribution in [3.63, 3.8) is 0 Å². The van der Waals surface area contributed by atoms with Gasteiger partial charge < -0.3 is 10.2 Å². The number of nitro benzene ring substituents is 1. The number of nitro groups is 1. The molecule has 7 heteroatoms. The van der Waals surface area contributed by atoms with E-state index in [2.05, 4.69) is 15.1 Å². The highest BCUT2D eigenvalue weighted by atomic mass is 16.6. The van der Waals surface area contributed by atoms with Crippen LogP contribution in [-0.2, 0) is 0 Å². The molecule has 3 heterocycles. The maximum Gasteiger partial charge on any atom is 0.270 e. The van der Waals surface area contributed by atoms with Crippen molar-refractivity contribution >= 4 is 22.4 Å². The highest BCUT2D eigenvalue weighted by Crippen LogP contribution is 2.26. The number of nitrogens with zero attached hydrogens (tertiary/aromatic N) is 4. The summed E-state index contributed by atoms with van der Waals surface area (Å²) in [6.07, 6.45) is 1.17. The lowest BCUT2D eigenvalue weighted by atomic mass is 10.2. The molecule has 0 aliphatic carbocycles. The number of benzene rings is 1. The predicted molar refractivity (Wildman–Crippen MR) is 93.5 cm³/mol. The molecule has 2 fully saturated rings. The number of pyridine rings is 1. The van der Waals surface area contributed by atoms with Crippen LogP contribution in [0.5, 0.6) is 0 Å². The van der Waals surface area contributed by atoms with Gasteiger partial charge in [0.15, 0.2) is 0 Å². The van der Waals surface area contributed by atoms with E-state index in [4.69, 9.17) is 4.98 Å². The number of hydrogen-bond donors (Lipinski definition) is 1. The van der Waals surface area contributed by atoms with Gasteiger partial charge in [0.05, 0.1) is 10.4 Å². The van der Waals surface area contributed by atoms with Crippen LogP contribution in [0.15, 0.2) is 30.3 Å². The summed E-state index contributed by atoms with van der Waals surface area (Å²) in [6.45, 7) is 6.40. The molecule has 2 aromatic rings. The summed E-state index contributed by atoms with van der Waals surface area (Å²) < 4.78 is 0. The fourth-order valence-corrected chi connectivity index (χ4v) is 3.69. The zero-order chi connectivity index (χ0) is 16.5. The van der Waals surface area contributed by atoms with Crippen LogP contribution in [0.2, 0.25) is 0 Å². The Kier molecular flexibility index (Phi) is 4.03. The molecule has 4 rings (SSSR count). The quantitative estimate of drug-likeness (QED) is 0.682. The molecular weight excluding hydrogens is 306 g/mol. The SMILES string of the molecule is O=[N+]([O-])c1ccc2nc(N3CCC(N4CCNCC4)C3)ccc2c1. The van der Waals surface area contributed by atoms with E-state index < -0.39 is 0 Å². The molecule has 1 aromatic heterocycles. The summed E-state index contributed by atoms with van der Waals surface area (Å²) in [7, 11) is 0. The highest BCUT2D eigenvalue weighted by Gasteiger charge is 2.29. The highest BCUT2D eigenvalue weighted by molar-refractivity contribution is 5.82. The van der Waals surface area contributed by atoms with Crippen LogP contribution in [0, 0.1) is 10.1 Å². The Morgan fingerprint density at radius 1 is 1.17 bits per heavy atom. The van der Waals surface area contributed by atoms with E-state index in [1.54, 1.807) is 12.1 Å². The Morgan fingerprint density at radius 3 is 2.79 bits per heavy atom. The summed E-state index contributed by atoms with van der Waals surface area (Å²) in [4.78, 5) is 20.1. The van der Waals surface area contributed by atoms with E-state index in [1.165, 1.54) is 12.5 Å². The Bertz CT molecular complexity index is 760. The van der Waals surface area contributed by atoms with Gasteiger partial charge in [0.25, 0.3) is 5.69 Å². The summed E-state index contributed by atoms with van der Waals surface area (Å²) in [5.41, 5.74) is 0.917. The topological polar surface area (TPSA) is 74.5 Å². The van der Waals surface area contributed by atoms with Gasteiger partial charge in [-0.05, 0) is 24.6 Å². The van der Waals surface area contributed by atoms with Gasteiger partial charge in [-0.3, -0.25) is 15.0 Å². The third-order valence-electron chi connectivity index (χ3n) is 5.02. The smallest absolute Gasteiger partial charge is 0.270 e. The fourth-order valence-electron chi connectivity index (χ4n) is 3.69. The first-order chi connectivity index (χ1) is 11.7. The molecular formula is C17H21N5O2. The second kappa shape index (κ2) is 6.33. The molecule has 1 N–H and O–H groups in total. The van der Waals surface area contributed by atoms with Crippen LogP contribution in [0.3, 0.4) is 0 Å². The summed E-state index contributed by atoms with van der Waals surface area (Å²) in [5.74, 6) is 0.967. The fraction of sp³-hybridized carbons (Fsp3) is 0.471. The van der Waals surface area contributed by atoms with Crippen LogP contribution in [0.4, 0.5) is 11.5 Å². The Hall–Kier alpha value is -2.25. The number of aromatic nitrogens is 1. The van der Waals surface area contributed by atoms with Gasteiger partial charge in [-0.2, -0.15) is 0 Å². The molecule has 1 aromatic carbocycles. The molecule has 7 nitrogen and oxygen atoms in total. The maximum atomic E-state index is 10.9. The van der Waals surface area contributed by atoms with Crippen molar-refractivity contribution in [3.05, 3.63) is 40.4 Å². The van der Waals surface area contributed by atoms with Crippen LogP contribution in [0.1, 0.15) is 6.42 Å². The van der Waals surface area contributed by atoms with Crippen LogP contribution in [0.25, 0.3) is 10.9 Å². The van der Waals surface area contributed by atoms with Gasteiger partial charge in [0.2, 0.25) is 0 Å². The number of non-ortho nitro benzene ring substituents is 1. The minimum Gasteiger partial charge on any atom is -0.355 e. The van der Waals surface area contributed by atoms with Gasteiger partial charge >= 0.3 is 0 Å². The number of hydrogen-bond acceptors (Lipinski definition) is 6. The molecule has 126 valence electrons. The van der Waals surface area contributed by atoms with Crippen LogP contribution in [-0.4, -0.2) is 60.1 Å². The largest absolute Gasteiger partial charge is 0.355 e. The summed E-state index contributed by atoms with van der Waals surface area (Å²) >= 11 is 0. The summed E-state index contributed by atoms with van der Waals surface area (Å²) in [5, 5.41) is 15.1. The Labute approximate surface area is 140 Å². The zero-order valence-corrected chi connectivity index (χ0v) is 13.5. The second-order valence-electron chi connectivity index (χ2n) is 6.48. The van der Waals surface area contributed by atoms with Crippen molar-refractivity contribution in [2.45, 2.75) is 12.5 Å². The van der Waals surface area contributed by atoms with Gasteiger partial charge in [0, 0.05) is 62.8 Å². The number of piperazine rings is 1. The average Bonchev–Trinajstić information content (AvgIpc) is 3.11. The van der Waals surface area contributed by atoms with E-state index in [1.807, 2.05) is 12.1 Å².